The molecule has 1 amide bonds. The van der Waals surface area contributed by atoms with Gasteiger partial charge in [0.2, 0.25) is 0 Å². The third-order valence-corrected chi connectivity index (χ3v) is 3.85. The van der Waals surface area contributed by atoms with Gasteiger partial charge in [0.1, 0.15) is 0 Å². The number of rotatable bonds is 7. The zero-order valence-corrected chi connectivity index (χ0v) is 13.8. The van der Waals surface area contributed by atoms with Gasteiger partial charge in [-0.2, -0.15) is 0 Å². The van der Waals surface area contributed by atoms with E-state index in [1.165, 1.54) is 0 Å². The number of carbonyl (C=O) groups excluding carboxylic acids is 1. The van der Waals surface area contributed by atoms with Crippen molar-refractivity contribution in [1.82, 2.24) is 25.2 Å². The summed E-state index contributed by atoms with van der Waals surface area (Å²) >= 11 is 0. The summed E-state index contributed by atoms with van der Waals surface area (Å²) in [6.07, 6.45) is 3.84. The number of aromatic nitrogens is 3. The topological polar surface area (TPSA) is 72.3 Å². The average Bonchev–Trinajstić information content (AvgIpc) is 3.01. The quantitative estimate of drug-likeness (QED) is 0.812. The third kappa shape index (κ3) is 4.51. The fraction of sp³-hybridized carbons (Fsp3) is 0.800. The highest BCUT2D eigenvalue weighted by Gasteiger charge is 2.22. The standard InChI is InChI=1S/C15H27N5O2/c1-12(2)10-19(8-9-22-3)15(21)14-11-20(18-17-14)13-4-6-16-7-5-13/h11-13,16H,4-10H2,1-3H3. The lowest BCUT2D eigenvalue weighted by molar-refractivity contribution is 0.0666. The fourth-order valence-corrected chi connectivity index (χ4v) is 2.70. The van der Waals surface area contributed by atoms with Crippen molar-refractivity contribution in [2.45, 2.75) is 32.7 Å². The van der Waals surface area contributed by atoms with E-state index in [0.717, 1.165) is 25.9 Å². The van der Waals surface area contributed by atoms with Gasteiger partial charge in [-0.1, -0.05) is 19.1 Å². The van der Waals surface area contributed by atoms with Gasteiger partial charge in [0.15, 0.2) is 5.69 Å². The Labute approximate surface area is 132 Å². The minimum atomic E-state index is -0.0639. The Bertz CT molecular complexity index is 468. The van der Waals surface area contributed by atoms with Gasteiger partial charge in [0, 0.05) is 20.2 Å². The Morgan fingerprint density at radius 2 is 2.23 bits per heavy atom. The molecular weight excluding hydrogens is 282 g/mol. The Morgan fingerprint density at radius 3 is 2.86 bits per heavy atom. The maximum absolute atomic E-state index is 12.6. The molecule has 0 aliphatic carbocycles. The van der Waals surface area contributed by atoms with Gasteiger partial charge in [-0.3, -0.25) is 4.79 Å². The second-order valence-electron chi connectivity index (χ2n) is 6.20. The van der Waals surface area contributed by atoms with Crippen molar-refractivity contribution in [2.24, 2.45) is 5.92 Å². The van der Waals surface area contributed by atoms with Crippen LogP contribution in [0, 0.1) is 5.92 Å². The molecule has 1 saturated heterocycles. The molecular formula is C15H27N5O2. The number of amides is 1. The van der Waals surface area contributed by atoms with Gasteiger partial charge in [-0.15, -0.1) is 5.10 Å². The molecule has 1 aliphatic heterocycles. The van der Waals surface area contributed by atoms with Crippen LogP contribution in [0.2, 0.25) is 0 Å². The Hall–Kier alpha value is -1.47. The van der Waals surface area contributed by atoms with Crippen LogP contribution in [-0.2, 0) is 4.74 Å². The van der Waals surface area contributed by atoms with E-state index >= 15 is 0 Å². The van der Waals surface area contributed by atoms with Crippen LogP contribution in [0.4, 0.5) is 0 Å². The van der Waals surface area contributed by atoms with Crippen LogP contribution in [0.5, 0.6) is 0 Å². The van der Waals surface area contributed by atoms with Crippen LogP contribution in [0.3, 0.4) is 0 Å². The molecule has 7 heteroatoms. The van der Waals surface area contributed by atoms with Gasteiger partial charge < -0.3 is 15.0 Å². The normalized spacial score (nSPS) is 16.2. The number of carbonyl (C=O) groups is 1. The second-order valence-corrected chi connectivity index (χ2v) is 6.20. The molecule has 1 N–H and O–H groups in total. The minimum absolute atomic E-state index is 0.0639. The summed E-state index contributed by atoms with van der Waals surface area (Å²) in [5.74, 6) is 0.339. The molecule has 2 rings (SSSR count). The van der Waals surface area contributed by atoms with Crippen LogP contribution in [0.15, 0.2) is 6.20 Å². The van der Waals surface area contributed by atoms with E-state index in [1.54, 1.807) is 18.2 Å². The van der Waals surface area contributed by atoms with Crippen molar-refractivity contribution in [2.75, 3.05) is 39.9 Å². The molecule has 0 saturated carbocycles. The van der Waals surface area contributed by atoms with E-state index < -0.39 is 0 Å². The lowest BCUT2D eigenvalue weighted by atomic mass is 10.1. The van der Waals surface area contributed by atoms with Crippen molar-refractivity contribution in [3.63, 3.8) is 0 Å². The van der Waals surface area contributed by atoms with Crippen molar-refractivity contribution >= 4 is 5.91 Å². The van der Waals surface area contributed by atoms with Gasteiger partial charge in [-0.25, -0.2) is 4.68 Å². The molecule has 0 unspecified atom stereocenters. The van der Waals surface area contributed by atoms with Gasteiger partial charge in [-0.05, 0) is 31.8 Å². The summed E-state index contributed by atoms with van der Waals surface area (Å²) in [6.45, 7) is 7.97. The van der Waals surface area contributed by atoms with Gasteiger partial charge in [0.05, 0.1) is 18.8 Å². The number of nitrogens with one attached hydrogen (secondary N) is 1. The van der Waals surface area contributed by atoms with Crippen molar-refractivity contribution < 1.29 is 9.53 Å². The maximum Gasteiger partial charge on any atom is 0.276 e. The summed E-state index contributed by atoms with van der Waals surface area (Å²) in [5, 5.41) is 11.6. The molecule has 1 aromatic heterocycles. The van der Waals surface area contributed by atoms with E-state index in [2.05, 4.69) is 29.5 Å². The Balaban J connectivity index is 2.04. The van der Waals surface area contributed by atoms with Crippen molar-refractivity contribution in [3.8, 4) is 0 Å². The van der Waals surface area contributed by atoms with Crippen molar-refractivity contribution in [3.05, 3.63) is 11.9 Å². The molecule has 7 nitrogen and oxygen atoms in total. The summed E-state index contributed by atoms with van der Waals surface area (Å²) < 4.78 is 6.94. The smallest absolute Gasteiger partial charge is 0.276 e. The maximum atomic E-state index is 12.6. The molecule has 22 heavy (non-hydrogen) atoms. The lowest BCUT2D eigenvalue weighted by Crippen LogP contribution is -2.37. The van der Waals surface area contributed by atoms with Crippen LogP contribution in [-0.4, -0.2) is 65.7 Å². The van der Waals surface area contributed by atoms with E-state index in [9.17, 15) is 4.79 Å². The molecule has 0 radical (unpaired) electrons. The molecule has 0 aromatic carbocycles. The van der Waals surface area contributed by atoms with E-state index in [0.29, 0.717) is 37.4 Å². The number of ether oxygens (including phenoxy) is 1. The van der Waals surface area contributed by atoms with Crippen LogP contribution in [0.25, 0.3) is 0 Å². The minimum Gasteiger partial charge on any atom is -0.383 e. The highest BCUT2D eigenvalue weighted by molar-refractivity contribution is 5.91. The predicted octanol–water partition coefficient (Wildman–Crippen LogP) is 0.947. The van der Waals surface area contributed by atoms with Gasteiger partial charge in [0.25, 0.3) is 5.91 Å². The number of hydrogen-bond donors (Lipinski definition) is 1. The second kappa shape index (κ2) is 8.24. The van der Waals surface area contributed by atoms with Gasteiger partial charge >= 0.3 is 0 Å². The molecule has 0 bridgehead atoms. The fourth-order valence-electron chi connectivity index (χ4n) is 2.70. The Kier molecular flexibility index (Phi) is 6.33. The molecule has 0 atom stereocenters. The number of hydrogen-bond acceptors (Lipinski definition) is 5. The SMILES string of the molecule is COCCN(CC(C)C)C(=O)c1cn(C2CCNCC2)nn1. The first kappa shape index (κ1) is 16.9. The monoisotopic (exact) mass is 309 g/mol. The number of methoxy groups -OCH3 is 1. The molecule has 124 valence electrons. The summed E-state index contributed by atoms with van der Waals surface area (Å²) in [5.41, 5.74) is 0.426. The van der Waals surface area contributed by atoms with E-state index in [1.807, 2.05) is 4.68 Å². The van der Waals surface area contributed by atoms with Crippen LogP contribution < -0.4 is 5.32 Å². The zero-order valence-electron chi connectivity index (χ0n) is 13.8. The molecule has 1 aromatic rings. The predicted molar refractivity (Wildman–Crippen MR) is 83.8 cm³/mol. The summed E-state index contributed by atoms with van der Waals surface area (Å²) in [4.78, 5) is 14.4. The molecule has 1 aliphatic rings. The average molecular weight is 309 g/mol. The first-order chi connectivity index (χ1) is 10.6. The summed E-state index contributed by atoms with van der Waals surface area (Å²) in [7, 11) is 1.64. The third-order valence-electron chi connectivity index (χ3n) is 3.85. The first-order valence-corrected chi connectivity index (χ1v) is 8.02. The zero-order chi connectivity index (χ0) is 15.9. The Morgan fingerprint density at radius 1 is 1.50 bits per heavy atom. The van der Waals surface area contributed by atoms with E-state index in [4.69, 9.17) is 4.74 Å². The van der Waals surface area contributed by atoms with E-state index in [-0.39, 0.29) is 5.91 Å². The van der Waals surface area contributed by atoms with Crippen LogP contribution in [0.1, 0.15) is 43.2 Å². The highest BCUT2D eigenvalue weighted by atomic mass is 16.5. The first-order valence-electron chi connectivity index (χ1n) is 8.02. The van der Waals surface area contributed by atoms with Crippen molar-refractivity contribution in [1.29, 1.82) is 0 Å². The summed E-state index contributed by atoms with van der Waals surface area (Å²) in [6, 6.07) is 0.341. The number of nitrogens with zero attached hydrogens (tertiary/aromatic N) is 4. The molecule has 1 fully saturated rings. The lowest BCUT2D eigenvalue weighted by Gasteiger charge is -2.23. The largest absolute Gasteiger partial charge is 0.383 e. The highest BCUT2D eigenvalue weighted by Crippen LogP contribution is 2.17. The van der Waals surface area contributed by atoms with Crippen LogP contribution >= 0.6 is 0 Å². The number of piperidine rings is 1. The molecule has 2 heterocycles. The molecule has 0 spiro atoms.